The van der Waals surface area contributed by atoms with Gasteiger partial charge in [0.15, 0.2) is 0 Å². The quantitative estimate of drug-likeness (QED) is 0.512. The standard InChI is InChI=1S/C15H16NOPS/c1-10(2)16-19-11(3)18-15-9-13-7-5-4-6-12(13)8-14(15)17/h4-9,17-18H,3H2,1-2H3. The number of phenolic OH excluding ortho intramolecular Hbond substituents is 1. The first-order chi connectivity index (χ1) is 9.06. The van der Waals surface area contributed by atoms with Crippen molar-refractivity contribution in [3.63, 3.8) is 0 Å². The molecule has 2 rings (SSSR count). The van der Waals surface area contributed by atoms with Crippen LogP contribution >= 0.6 is 20.5 Å². The van der Waals surface area contributed by atoms with E-state index in [4.69, 9.17) is 0 Å². The molecule has 19 heavy (non-hydrogen) atoms. The summed E-state index contributed by atoms with van der Waals surface area (Å²) in [5, 5.41) is 13.2. The molecule has 0 amide bonds. The maximum atomic E-state index is 10.1. The molecule has 0 bridgehead atoms. The largest absolute Gasteiger partial charge is 0.507 e. The van der Waals surface area contributed by atoms with Crippen LogP contribution in [-0.4, -0.2) is 10.8 Å². The second-order valence-corrected chi connectivity index (χ2v) is 7.01. The van der Waals surface area contributed by atoms with Gasteiger partial charge in [-0.3, -0.25) is 0 Å². The van der Waals surface area contributed by atoms with Crippen LogP contribution in [0.5, 0.6) is 5.75 Å². The Morgan fingerprint density at radius 2 is 1.84 bits per heavy atom. The molecule has 0 radical (unpaired) electrons. The molecule has 4 heteroatoms. The van der Waals surface area contributed by atoms with Gasteiger partial charge in [0.05, 0.1) is 0 Å². The number of hydrogen-bond acceptors (Lipinski definition) is 3. The Balaban J connectivity index is 2.23. The van der Waals surface area contributed by atoms with Crippen LogP contribution in [0.2, 0.25) is 0 Å². The van der Waals surface area contributed by atoms with Gasteiger partial charge in [0.1, 0.15) is 5.75 Å². The van der Waals surface area contributed by atoms with Gasteiger partial charge < -0.3 is 5.11 Å². The molecular formula is C15H16NOPS. The fourth-order valence-electron chi connectivity index (χ4n) is 1.65. The van der Waals surface area contributed by atoms with E-state index in [2.05, 4.69) is 11.0 Å². The predicted molar refractivity (Wildman–Crippen MR) is 89.1 cm³/mol. The fraction of sp³-hybridized carbons (Fsp3) is 0.133. The van der Waals surface area contributed by atoms with Crippen molar-refractivity contribution in [3.8, 4) is 5.75 Å². The molecule has 0 heterocycles. The molecule has 0 aliphatic carbocycles. The SMILES string of the molecule is C=C(Pc1cc2ccccc2cc1O)SN=C(C)C. The number of hydrogen-bond donors (Lipinski definition) is 1. The highest BCUT2D eigenvalue weighted by Crippen LogP contribution is 2.36. The van der Waals surface area contributed by atoms with Crippen LogP contribution in [-0.2, 0) is 0 Å². The Hall–Kier alpha value is -1.31. The summed E-state index contributed by atoms with van der Waals surface area (Å²) in [6, 6.07) is 11.8. The molecule has 0 saturated carbocycles. The molecule has 2 aromatic carbocycles. The Labute approximate surface area is 119 Å². The summed E-state index contributed by atoms with van der Waals surface area (Å²) < 4.78 is 5.22. The molecule has 0 saturated heterocycles. The van der Waals surface area contributed by atoms with E-state index >= 15 is 0 Å². The molecule has 2 aromatic rings. The number of rotatable bonds is 4. The van der Waals surface area contributed by atoms with E-state index in [1.165, 1.54) is 11.9 Å². The van der Waals surface area contributed by atoms with Crippen molar-refractivity contribution in [1.29, 1.82) is 0 Å². The smallest absolute Gasteiger partial charge is 0.123 e. The van der Waals surface area contributed by atoms with Crippen LogP contribution in [0.25, 0.3) is 10.8 Å². The zero-order valence-electron chi connectivity index (χ0n) is 11.0. The van der Waals surface area contributed by atoms with Crippen molar-refractivity contribution >= 4 is 42.3 Å². The van der Waals surface area contributed by atoms with E-state index in [-0.39, 0.29) is 0 Å². The molecule has 0 spiro atoms. The first-order valence-corrected chi connectivity index (χ1v) is 7.69. The summed E-state index contributed by atoms with van der Waals surface area (Å²) in [6.07, 6.45) is 0. The van der Waals surface area contributed by atoms with Gasteiger partial charge in [-0.2, -0.15) is 0 Å². The lowest BCUT2D eigenvalue weighted by Crippen LogP contribution is -1.95. The van der Waals surface area contributed by atoms with Gasteiger partial charge in [-0.25, -0.2) is 4.40 Å². The monoisotopic (exact) mass is 289 g/mol. The molecule has 1 unspecified atom stereocenters. The fourth-order valence-corrected chi connectivity index (χ4v) is 3.32. The topological polar surface area (TPSA) is 32.6 Å². The van der Waals surface area contributed by atoms with E-state index in [0.29, 0.717) is 14.3 Å². The van der Waals surface area contributed by atoms with Crippen LogP contribution in [0.3, 0.4) is 0 Å². The molecule has 0 fully saturated rings. The normalized spacial score (nSPS) is 11.1. The summed E-state index contributed by atoms with van der Waals surface area (Å²) >= 11 is 1.39. The van der Waals surface area contributed by atoms with Gasteiger partial charge in [0.2, 0.25) is 0 Å². The maximum Gasteiger partial charge on any atom is 0.123 e. The summed E-state index contributed by atoms with van der Waals surface area (Å²) in [5.74, 6) is 0.330. The van der Waals surface area contributed by atoms with Crippen molar-refractivity contribution in [2.24, 2.45) is 4.40 Å². The number of benzene rings is 2. The van der Waals surface area contributed by atoms with Gasteiger partial charge in [-0.15, -0.1) is 0 Å². The van der Waals surface area contributed by atoms with Gasteiger partial charge in [0.25, 0.3) is 0 Å². The molecule has 1 atom stereocenters. The number of phenols is 1. The molecule has 1 N–H and O–H groups in total. The lowest BCUT2D eigenvalue weighted by molar-refractivity contribution is 0.480. The molecule has 0 aliphatic heterocycles. The Morgan fingerprint density at radius 1 is 1.21 bits per heavy atom. The maximum absolute atomic E-state index is 10.1. The van der Waals surface area contributed by atoms with Crippen LogP contribution in [0.15, 0.2) is 52.0 Å². The van der Waals surface area contributed by atoms with Crippen molar-refractivity contribution in [2.45, 2.75) is 13.8 Å². The van der Waals surface area contributed by atoms with Crippen LogP contribution in [0.4, 0.5) is 0 Å². The lowest BCUT2D eigenvalue weighted by Gasteiger charge is -2.07. The van der Waals surface area contributed by atoms with Gasteiger partial charge >= 0.3 is 0 Å². The minimum atomic E-state index is 0.330. The third-order valence-electron chi connectivity index (χ3n) is 2.48. The second kappa shape index (κ2) is 6.23. The van der Waals surface area contributed by atoms with Gasteiger partial charge in [-0.1, -0.05) is 30.8 Å². The zero-order valence-corrected chi connectivity index (χ0v) is 12.8. The summed E-state index contributed by atoms with van der Waals surface area (Å²) in [4.78, 5) is 0. The molecule has 0 aromatic heterocycles. The van der Waals surface area contributed by atoms with Crippen LogP contribution in [0, 0.1) is 0 Å². The van der Waals surface area contributed by atoms with E-state index in [9.17, 15) is 5.11 Å². The minimum absolute atomic E-state index is 0.330. The molecule has 0 aliphatic rings. The second-order valence-electron chi connectivity index (χ2n) is 4.39. The first kappa shape index (κ1) is 14.1. The highest BCUT2D eigenvalue weighted by atomic mass is 32.2. The Kier molecular flexibility index (Phi) is 4.62. The first-order valence-electron chi connectivity index (χ1n) is 5.92. The van der Waals surface area contributed by atoms with Crippen molar-refractivity contribution in [2.75, 3.05) is 0 Å². The lowest BCUT2D eigenvalue weighted by atomic mass is 10.1. The van der Waals surface area contributed by atoms with E-state index in [1.54, 1.807) is 0 Å². The van der Waals surface area contributed by atoms with Gasteiger partial charge in [-0.05, 0) is 45.3 Å². The predicted octanol–water partition coefficient (Wildman–Crippen LogP) is 4.45. The number of fused-ring (bicyclic) bond motifs is 1. The number of nitrogens with zero attached hydrogens (tertiary/aromatic N) is 1. The highest BCUT2D eigenvalue weighted by molar-refractivity contribution is 8.08. The van der Waals surface area contributed by atoms with Crippen molar-refractivity contribution in [3.05, 3.63) is 47.6 Å². The zero-order chi connectivity index (χ0) is 13.8. The van der Waals surface area contributed by atoms with E-state index in [1.807, 2.05) is 50.2 Å². The number of aromatic hydroxyl groups is 1. The third-order valence-corrected chi connectivity index (χ3v) is 4.68. The Bertz CT molecular complexity index is 648. The van der Waals surface area contributed by atoms with Crippen LogP contribution in [0.1, 0.15) is 13.8 Å². The highest BCUT2D eigenvalue weighted by Gasteiger charge is 2.06. The summed E-state index contributed by atoms with van der Waals surface area (Å²) in [6.45, 7) is 7.91. The Morgan fingerprint density at radius 3 is 2.47 bits per heavy atom. The van der Waals surface area contributed by atoms with E-state index < -0.39 is 0 Å². The summed E-state index contributed by atoms with van der Waals surface area (Å²) in [5.41, 5.74) is 1.01. The minimum Gasteiger partial charge on any atom is -0.507 e. The van der Waals surface area contributed by atoms with Crippen LogP contribution < -0.4 is 5.30 Å². The van der Waals surface area contributed by atoms with Gasteiger partial charge in [0, 0.05) is 27.6 Å². The molecule has 98 valence electrons. The average molecular weight is 289 g/mol. The molecular weight excluding hydrogens is 273 g/mol. The summed E-state index contributed by atoms with van der Waals surface area (Å²) in [7, 11) is 0.351. The van der Waals surface area contributed by atoms with E-state index in [0.717, 1.165) is 26.4 Å². The molecule has 2 nitrogen and oxygen atoms in total. The third kappa shape index (κ3) is 3.82. The average Bonchev–Trinajstić information content (AvgIpc) is 2.37. The van der Waals surface area contributed by atoms with Crippen molar-refractivity contribution < 1.29 is 5.11 Å². The van der Waals surface area contributed by atoms with Crippen molar-refractivity contribution in [1.82, 2.24) is 0 Å².